The van der Waals surface area contributed by atoms with E-state index in [-0.39, 0.29) is 11.3 Å². The van der Waals surface area contributed by atoms with Crippen LogP contribution in [0.25, 0.3) is 0 Å². The molecule has 0 saturated carbocycles. The average Bonchev–Trinajstić information content (AvgIpc) is 2.29. The van der Waals surface area contributed by atoms with Crippen molar-refractivity contribution < 1.29 is 4.79 Å². The van der Waals surface area contributed by atoms with Crippen LogP contribution in [0, 0.1) is 16.7 Å². The summed E-state index contributed by atoms with van der Waals surface area (Å²) in [6.45, 7) is 6.97. The summed E-state index contributed by atoms with van der Waals surface area (Å²) >= 11 is 0. The molecular formula is C15H20N2O. The van der Waals surface area contributed by atoms with E-state index in [1.54, 1.807) is 12.1 Å². The Labute approximate surface area is 109 Å². The zero-order chi connectivity index (χ0) is 13.6. The molecule has 1 amide bonds. The molecule has 1 unspecified atom stereocenters. The largest absolute Gasteiger partial charge is 0.355 e. The SMILES string of the molecule is CC(C)(C)CCNC(=O)C(C#N)c1ccccc1. The fourth-order valence-electron chi connectivity index (χ4n) is 1.59. The minimum absolute atomic E-state index is 0.183. The van der Waals surface area contributed by atoms with E-state index in [4.69, 9.17) is 5.26 Å². The molecule has 0 fully saturated rings. The maximum atomic E-state index is 11.9. The van der Waals surface area contributed by atoms with Crippen LogP contribution >= 0.6 is 0 Å². The van der Waals surface area contributed by atoms with Crippen LogP contribution in [0.3, 0.4) is 0 Å². The molecule has 0 saturated heterocycles. The second-order valence-electron chi connectivity index (χ2n) is 5.57. The number of rotatable bonds is 4. The molecule has 1 aromatic rings. The first-order valence-corrected chi connectivity index (χ1v) is 6.16. The minimum Gasteiger partial charge on any atom is -0.355 e. The van der Waals surface area contributed by atoms with Crippen molar-refractivity contribution >= 4 is 5.91 Å². The van der Waals surface area contributed by atoms with E-state index in [2.05, 4.69) is 32.2 Å². The van der Waals surface area contributed by atoms with E-state index >= 15 is 0 Å². The fourth-order valence-corrected chi connectivity index (χ4v) is 1.59. The van der Waals surface area contributed by atoms with E-state index in [0.717, 1.165) is 12.0 Å². The van der Waals surface area contributed by atoms with E-state index in [1.807, 2.05) is 18.2 Å². The number of benzene rings is 1. The smallest absolute Gasteiger partial charge is 0.241 e. The predicted molar refractivity (Wildman–Crippen MR) is 71.9 cm³/mol. The molecular weight excluding hydrogens is 224 g/mol. The maximum Gasteiger partial charge on any atom is 0.241 e. The Morgan fingerprint density at radius 3 is 2.44 bits per heavy atom. The standard InChI is InChI=1S/C15H20N2O/c1-15(2,3)9-10-17-14(18)13(11-16)12-7-5-4-6-8-12/h4-8,13H,9-10H2,1-3H3,(H,17,18). The van der Waals surface area contributed by atoms with Gasteiger partial charge in [-0.05, 0) is 17.4 Å². The fraction of sp³-hybridized carbons (Fsp3) is 0.467. The van der Waals surface area contributed by atoms with Crippen LogP contribution in [0.2, 0.25) is 0 Å². The van der Waals surface area contributed by atoms with Gasteiger partial charge in [-0.15, -0.1) is 0 Å². The second kappa shape index (κ2) is 6.20. The third kappa shape index (κ3) is 4.58. The van der Waals surface area contributed by atoms with Crippen LogP contribution in [0.1, 0.15) is 38.7 Å². The normalized spacial score (nSPS) is 12.6. The molecule has 3 nitrogen and oxygen atoms in total. The quantitative estimate of drug-likeness (QED) is 0.885. The molecule has 0 heterocycles. The Morgan fingerprint density at radius 1 is 1.33 bits per heavy atom. The zero-order valence-corrected chi connectivity index (χ0v) is 11.2. The first-order chi connectivity index (χ1) is 8.44. The number of hydrogen-bond donors (Lipinski definition) is 1. The van der Waals surface area contributed by atoms with Gasteiger partial charge in [-0.3, -0.25) is 4.79 Å². The molecule has 0 aromatic heterocycles. The summed E-state index contributed by atoms with van der Waals surface area (Å²) in [7, 11) is 0. The average molecular weight is 244 g/mol. The Bertz CT molecular complexity index is 426. The van der Waals surface area contributed by atoms with Gasteiger partial charge in [-0.2, -0.15) is 5.26 Å². The number of carbonyl (C=O) groups excluding carboxylic acids is 1. The van der Waals surface area contributed by atoms with Crippen LogP contribution in [0.5, 0.6) is 0 Å². The minimum atomic E-state index is -0.717. The molecule has 0 radical (unpaired) electrons. The molecule has 0 aliphatic carbocycles. The lowest BCUT2D eigenvalue weighted by Gasteiger charge is -2.18. The first-order valence-electron chi connectivity index (χ1n) is 6.16. The van der Waals surface area contributed by atoms with Crippen molar-refractivity contribution in [3.8, 4) is 6.07 Å². The van der Waals surface area contributed by atoms with E-state index < -0.39 is 5.92 Å². The molecule has 18 heavy (non-hydrogen) atoms. The van der Waals surface area contributed by atoms with Gasteiger partial charge in [0.05, 0.1) is 6.07 Å². The molecule has 1 atom stereocenters. The monoisotopic (exact) mass is 244 g/mol. The first kappa shape index (κ1) is 14.2. The number of nitrogens with one attached hydrogen (secondary N) is 1. The van der Waals surface area contributed by atoms with Crippen molar-refractivity contribution in [3.63, 3.8) is 0 Å². The Hall–Kier alpha value is -1.82. The maximum absolute atomic E-state index is 11.9. The summed E-state index contributed by atoms with van der Waals surface area (Å²) in [6.07, 6.45) is 0.895. The molecule has 1 N–H and O–H groups in total. The molecule has 0 aliphatic heterocycles. The topological polar surface area (TPSA) is 52.9 Å². The number of nitrogens with zero attached hydrogens (tertiary/aromatic N) is 1. The van der Waals surface area contributed by atoms with Crippen LogP contribution in [0.4, 0.5) is 0 Å². The lowest BCUT2D eigenvalue weighted by molar-refractivity contribution is -0.121. The highest BCUT2D eigenvalue weighted by Gasteiger charge is 2.20. The van der Waals surface area contributed by atoms with Crippen LogP contribution < -0.4 is 5.32 Å². The lowest BCUT2D eigenvalue weighted by Crippen LogP contribution is -2.31. The Balaban J connectivity index is 2.57. The molecule has 0 aliphatic rings. The lowest BCUT2D eigenvalue weighted by atomic mass is 9.92. The predicted octanol–water partition coefficient (Wildman–Crippen LogP) is 2.85. The highest BCUT2D eigenvalue weighted by Crippen LogP contribution is 2.18. The molecule has 1 rings (SSSR count). The molecule has 0 bridgehead atoms. The highest BCUT2D eigenvalue weighted by molar-refractivity contribution is 5.86. The van der Waals surface area contributed by atoms with Gasteiger partial charge in [-0.1, -0.05) is 51.1 Å². The zero-order valence-electron chi connectivity index (χ0n) is 11.2. The summed E-state index contributed by atoms with van der Waals surface area (Å²) in [5, 5.41) is 11.9. The van der Waals surface area contributed by atoms with Gasteiger partial charge in [0.1, 0.15) is 5.92 Å². The summed E-state index contributed by atoms with van der Waals surface area (Å²) < 4.78 is 0. The molecule has 1 aromatic carbocycles. The van der Waals surface area contributed by atoms with Gasteiger partial charge < -0.3 is 5.32 Å². The van der Waals surface area contributed by atoms with Gasteiger partial charge >= 0.3 is 0 Å². The number of carbonyl (C=O) groups is 1. The Kier molecular flexibility index (Phi) is 4.91. The Morgan fingerprint density at radius 2 is 1.94 bits per heavy atom. The molecule has 96 valence electrons. The van der Waals surface area contributed by atoms with Gasteiger partial charge in [-0.25, -0.2) is 0 Å². The summed E-state index contributed by atoms with van der Waals surface area (Å²) in [5.41, 5.74) is 0.926. The van der Waals surface area contributed by atoms with Crippen molar-refractivity contribution in [2.75, 3.05) is 6.54 Å². The van der Waals surface area contributed by atoms with Gasteiger partial charge in [0, 0.05) is 6.54 Å². The van der Waals surface area contributed by atoms with Gasteiger partial charge in [0.15, 0.2) is 0 Å². The molecule has 3 heteroatoms. The van der Waals surface area contributed by atoms with Crippen LogP contribution in [-0.2, 0) is 4.79 Å². The van der Waals surface area contributed by atoms with Crippen molar-refractivity contribution in [1.29, 1.82) is 5.26 Å². The van der Waals surface area contributed by atoms with Crippen LogP contribution in [0.15, 0.2) is 30.3 Å². The van der Waals surface area contributed by atoms with E-state index in [1.165, 1.54) is 0 Å². The van der Waals surface area contributed by atoms with Crippen molar-refractivity contribution in [3.05, 3.63) is 35.9 Å². The van der Waals surface area contributed by atoms with E-state index in [0.29, 0.717) is 6.54 Å². The van der Waals surface area contributed by atoms with Crippen molar-refractivity contribution in [2.45, 2.75) is 33.1 Å². The van der Waals surface area contributed by atoms with Gasteiger partial charge in [0.25, 0.3) is 0 Å². The number of amides is 1. The summed E-state index contributed by atoms with van der Waals surface area (Å²) in [4.78, 5) is 11.9. The summed E-state index contributed by atoms with van der Waals surface area (Å²) in [6, 6.07) is 11.2. The second-order valence-corrected chi connectivity index (χ2v) is 5.57. The number of hydrogen-bond acceptors (Lipinski definition) is 2. The third-order valence-corrected chi connectivity index (χ3v) is 2.70. The van der Waals surface area contributed by atoms with E-state index in [9.17, 15) is 4.79 Å². The summed E-state index contributed by atoms with van der Waals surface area (Å²) in [5.74, 6) is -0.931. The highest BCUT2D eigenvalue weighted by atomic mass is 16.1. The van der Waals surface area contributed by atoms with Crippen molar-refractivity contribution in [2.24, 2.45) is 5.41 Å². The number of nitriles is 1. The third-order valence-electron chi connectivity index (χ3n) is 2.70. The van der Waals surface area contributed by atoms with Crippen LogP contribution in [-0.4, -0.2) is 12.5 Å². The molecule has 0 spiro atoms. The van der Waals surface area contributed by atoms with Crippen molar-refractivity contribution in [1.82, 2.24) is 5.32 Å². The van der Waals surface area contributed by atoms with Gasteiger partial charge in [0.2, 0.25) is 5.91 Å².